The summed E-state index contributed by atoms with van der Waals surface area (Å²) in [5.41, 5.74) is 19.4. The van der Waals surface area contributed by atoms with E-state index in [4.69, 9.17) is 17.2 Å². The normalized spacial score (nSPS) is 17.7. The molecule has 15 nitrogen and oxygen atoms in total. The van der Waals surface area contributed by atoms with Crippen LogP contribution < -0.4 is 38.5 Å². The molecule has 0 saturated heterocycles. The third-order valence-electron chi connectivity index (χ3n) is 10.3. The van der Waals surface area contributed by atoms with Crippen LogP contribution in [0.3, 0.4) is 0 Å². The minimum absolute atomic E-state index is 0.0723. The Hall–Kier alpha value is -5.47. The lowest BCUT2D eigenvalue weighted by molar-refractivity contribution is -0.146. The summed E-state index contributed by atoms with van der Waals surface area (Å²) in [6.07, 6.45) is 4.93. The molecular formula is C40H57N9O6. The third kappa shape index (κ3) is 12.3. The lowest BCUT2D eigenvalue weighted by Crippen LogP contribution is -2.62. The van der Waals surface area contributed by atoms with Crippen LogP contribution in [0.4, 0.5) is 0 Å². The van der Waals surface area contributed by atoms with E-state index in [1.807, 2.05) is 54.6 Å². The number of primary amides is 1. The highest BCUT2D eigenvalue weighted by Crippen LogP contribution is 2.28. The number of rotatable bonds is 17. The Bertz CT molecular complexity index is 1690. The third-order valence-corrected chi connectivity index (χ3v) is 10.3. The van der Waals surface area contributed by atoms with Crippen molar-refractivity contribution in [3.63, 3.8) is 0 Å². The molecule has 0 radical (unpaired) electrons. The fourth-order valence-corrected chi connectivity index (χ4v) is 7.41. The number of aliphatic imine (C=N–C) groups is 1. The Balaban J connectivity index is 1.65. The second kappa shape index (κ2) is 20.3. The number of carbonyl (C=O) groups is 6. The van der Waals surface area contributed by atoms with Gasteiger partial charge in [-0.2, -0.15) is 0 Å². The van der Waals surface area contributed by atoms with Crippen LogP contribution in [0.2, 0.25) is 0 Å². The highest BCUT2D eigenvalue weighted by molar-refractivity contribution is 5.97. The Morgan fingerprint density at radius 2 is 1.45 bits per heavy atom. The summed E-state index contributed by atoms with van der Waals surface area (Å²) < 4.78 is 0. The van der Waals surface area contributed by atoms with Crippen molar-refractivity contribution in [2.24, 2.45) is 34.0 Å². The molecule has 1 saturated carbocycles. The topological polar surface area (TPSA) is 244 Å². The number of nitrogens with one attached hydrogen (secondary N) is 4. The van der Waals surface area contributed by atoms with E-state index in [1.54, 1.807) is 13.8 Å². The van der Waals surface area contributed by atoms with Crippen molar-refractivity contribution in [3.05, 3.63) is 71.3 Å². The molecule has 0 unspecified atom stereocenters. The first kappa shape index (κ1) is 42.3. The SMILES string of the molecule is CC(=O)N[C@H](C(=O)N[C@H](C(=O)N[C@@H](CCCN=C(N)N)C(=O)N1Cc2ccccc2C[C@H]1C(=O)N[C@@H](Cc1ccccc1)C(N)=O)C1CCCCC1)C(C)C. The summed E-state index contributed by atoms with van der Waals surface area (Å²) in [4.78, 5) is 86.8. The Kier molecular flexibility index (Phi) is 15.6. The number of fused-ring (bicyclic) bond motifs is 1. The lowest BCUT2D eigenvalue weighted by atomic mass is 9.83. The number of amides is 6. The van der Waals surface area contributed by atoms with Crippen molar-refractivity contribution in [2.45, 2.75) is 115 Å². The number of hydrogen-bond donors (Lipinski definition) is 7. The standard InChI is InChI=1S/C40H57N9O6/c1-24(2)33(45-25(3)50)37(53)48-34(27-15-8-5-9-16-27)38(54)46-30(19-12-20-44-40(42)43)39(55)49-23-29-18-11-10-17-28(29)22-32(49)36(52)47-31(35(41)51)21-26-13-6-4-7-14-26/h4,6-7,10-11,13-14,17-18,24,27,30-34H,5,8-9,12,15-16,19-23H2,1-3H3,(H2,41,51)(H,45,50)(H,46,54)(H,47,52)(H,48,53)(H4,42,43,44)/t30-,31-,32-,33-,34-/m0/s1. The maximum absolute atomic E-state index is 14.8. The van der Waals surface area contributed by atoms with E-state index >= 15 is 0 Å². The Labute approximate surface area is 323 Å². The highest BCUT2D eigenvalue weighted by atomic mass is 16.2. The molecule has 5 atom stereocenters. The molecule has 4 rings (SSSR count). The average molecular weight is 760 g/mol. The molecule has 15 heteroatoms. The number of carbonyl (C=O) groups excluding carboxylic acids is 6. The first-order chi connectivity index (χ1) is 26.2. The van der Waals surface area contributed by atoms with Gasteiger partial charge in [-0.3, -0.25) is 33.8 Å². The second-order valence-corrected chi connectivity index (χ2v) is 14.9. The van der Waals surface area contributed by atoms with Crippen molar-refractivity contribution in [3.8, 4) is 0 Å². The van der Waals surface area contributed by atoms with E-state index in [0.29, 0.717) is 19.3 Å². The molecule has 1 aliphatic heterocycles. The Morgan fingerprint density at radius 1 is 0.800 bits per heavy atom. The number of guanidine groups is 1. The minimum Gasteiger partial charge on any atom is -0.370 e. The van der Waals surface area contributed by atoms with E-state index in [1.165, 1.54) is 11.8 Å². The van der Waals surface area contributed by atoms with Gasteiger partial charge < -0.3 is 43.4 Å². The molecule has 0 aromatic heterocycles. The molecule has 298 valence electrons. The van der Waals surface area contributed by atoms with Gasteiger partial charge in [-0.1, -0.05) is 87.7 Å². The van der Waals surface area contributed by atoms with Crippen LogP contribution in [0.25, 0.3) is 0 Å². The van der Waals surface area contributed by atoms with Gasteiger partial charge in [-0.25, -0.2) is 0 Å². The van der Waals surface area contributed by atoms with E-state index in [-0.39, 0.29) is 56.1 Å². The molecule has 2 aromatic carbocycles. The summed E-state index contributed by atoms with van der Waals surface area (Å²) in [7, 11) is 0. The first-order valence-corrected chi connectivity index (χ1v) is 19.2. The van der Waals surface area contributed by atoms with Crippen molar-refractivity contribution in [2.75, 3.05) is 6.54 Å². The minimum atomic E-state index is -1.13. The van der Waals surface area contributed by atoms with Crippen molar-refractivity contribution < 1.29 is 28.8 Å². The summed E-state index contributed by atoms with van der Waals surface area (Å²) in [6.45, 7) is 5.19. The summed E-state index contributed by atoms with van der Waals surface area (Å²) in [6, 6.07) is 11.6. The van der Waals surface area contributed by atoms with Crippen molar-refractivity contribution in [1.82, 2.24) is 26.2 Å². The number of nitrogens with two attached hydrogens (primary N) is 3. The van der Waals surface area contributed by atoms with Crippen LogP contribution in [-0.4, -0.2) is 83.1 Å². The fourth-order valence-electron chi connectivity index (χ4n) is 7.41. The van der Waals surface area contributed by atoms with Gasteiger partial charge in [0.15, 0.2) is 5.96 Å². The van der Waals surface area contributed by atoms with E-state index < -0.39 is 59.7 Å². The number of nitrogens with zero attached hydrogens (tertiary/aromatic N) is 2. The predicted molar refractivity (Wildman–Crippen MR) is 209 cm³/mol. The van der Waals surface area contributed by atoms with Crippen LogP contribution >= 0.6 is 0 Å². The maximum Gasteiger partial charge on any atom is 0.246 e. The van der Waals surface area contributed by atoms with Crippen LogP contribution in [0.1, 0.15) is 82.4 Å². The van der Waals surface area contributed by atoms with Crippen LogP contribution in [-0.2, 0) is 48.2 Å². The zero-order valence-corrected chi connectivity index (χ0v) is 32.1. The molecule has 6 amide bonds. The van der Waals surface area contributed by atoms with Gasteiger partial charge in [-0.05, 0) is 54.2 Å². The number of hydrogen-bond acceptors (Lipinski definition) is 7. The van der Waals surface area contributed by atoms with Crippen LogP contribution in [0, 0.1) is 11.8 Å². The van der Waals surface area contributed by atoms with Gasteiger partial charge in [-0.15, -0.1) is 0 Å². The maximum atomic E-state index is 14.8. The molecule has 0 bridgehead atoms. The van der Waals surface area contributed by atoms with Gasteiger partial charge in [0.2, 0.25) is 35.4 Å². The fraction of sp³-hybridized carbons (Fsp3) is 0.525. The zero-order chi connectivity index (χ0) is 40.1. The molecule has 1 heterocycles. The van der Waals surface area contributed by atoms with Crippen molar-refractivity contribution >= 4 is 41.4 Å². The van der Waals surface area contributed by atoms with Gasteiger partial charge in [0.25, 0.3) is 0 Å². The first-order valence-electron chi connectivity index (χ1n) is 19.2. The van der Waals surface area contributed by atoms with E-state index in [9.17, 15) is 28.8 Å². The van der Waals surface area contributed by atoms with Gasteiger partial charge in [0, 0.05) is 32.9 Å². The van der Waals surface area contributed by atoms with Gasteiger partial charge >= 0.3 is 0 Å². The second-order valence-electron chi connectivity index (χ2n) is 14.9. The molecular weight excluding hydrogens is 702 g/mol. The van der Waals surface area contributed by atoms with Gasteiger partial charge in [0.05, 0.1) is 0 Å². The van der Waals surface area contributed by atoms with E-state index in [2.05, 4.69) is 26.3 Å². The molecule has 2 aromatic rings. The van der Waals surface area contributed by atoms with Crippen molar-refractivity contribution in [1.29, 1.82) is 0 Å². The lowest BCUT2D eigenvalue weighted by Gasteiger charge is -2.39. The van der Waals surface area contributed by atoms with Gasteiger partial charge in [0.1, 0.15) is 30.2 Å². The molecule has 55 heavy (non-hydrogen) atoms. The van der Waals surface area contributed by atoms with Crippen LogP contribution in [0.15, 0.2) is 59.6 Å². The smallest absolute Gasteiger partial charge is 0.246 e. The summed E-state index contributed by atoms with van der Waals surface area (Å²) in [5.74, 6) is -3.76. The van der Waals surface area contributed by atoms with E-state index in [0.717, 1.165) is 36.0 Å². The Morgan fingerprint density at radius 3 is 2.07 bits per heavy atom. The molecule has 0 spiro atoms. The molecule has 10 N–H and O–H groups in total. The summed E-state index contributed by atoms with van der Waals surface area (Å²) in [5, 5.41) is 11.3. The quantitative estimate of drug-likeness (QED) is 0.0693. The zero-order valence-electron chi connectivity index (χ0n) is 32.1. The summed E-state index contributed by atoms with van der Waals surface area (Å²) >= 11 is 0. The van der Waals surface area contributed by atoms with Crippen LogP contribution in [0.5, 0.6) is 0 Å². The molecule has 1 fully saturated rings. The monoisotopic (exact) mass is 759 g/mol. The predicted octanol–water partition coefficient (Wildman–Crippen LogP) is 0.917. The molecule has 1 aliphatic carbocycles. The average Bonchev–Trinajstić information content (AvgIpc) is 3.16. The highest BCUT2D eigenvalue weighted by Gasteiger charge is 2.41. The largest absolute Gasteiger partial charge is 0.370 e. The number of benzene rings is 2. The molecule has 2 aliphatic rings.